The van der Waals surface area contributed by atoms with Gasteiger partial charge in [0.1, 0.15) is 11.9 Å². The molecule has 20 heavy (non-hydrogen) atoms. The minimum atomic E-state index is -0.172. The highest BCUT2D eigenvalue weighted by atomic mass is 16.6. The lowest BCUT2D eigenvalue weighted by atomic mass is 9.88. The molecule has 1 saturated heterocycles. The summed E-state index contributed by atoms with van der Waals surface area (Å²) in [5, 5.41) is 0. The van der Waals surface area contributed by atoms with E-state index >= 15 is 0 Å². The Balaban J connectivity index is 2.47. The van der Waals surface area contributed by atoms with Gasteiger partial charge in [0.15, 0.2) is 0 Å². The summed E-state index contributed by atoms with van der Waals surface area (Å²) >= 11 is 0. The molecule has 0 amide bonds. The molecule has 0 aliphatic carbocycles. The van der Waals surface area contributed by atoms with Crippen molar-refractivity contribution in [3.05, 3.63) is 35.4 Å². The zero-order chi connectivity index (χ0) is 14.5. The Kier molecular flexibility index (Phi) is 4.83. The zero-order valence-corrected chi connectivity index (χ0v) is 12.4. The molecular weight excluding hydrogens is 252 g/mol. The molecule has 1 heterocycles. The van der Waals surface area contributed by atoms with E-state index in [0.29, 0.717) is 0 Å². The lowest BCUT2D eigenvalue weighted by Gasteiger charge is -2.31. The fourth-order valence-electron chi connectivity index (χ4n) is 2.59. The summed E-state index contributed by atoms with van der Waals surface area (Å²) in [6.07, 6.45) is 3.81. The number of hydrogen-bond donors (Lipinski definition) is 0. The molecular formula is C17H22O3. The van der Waals surface area contributed by atoms with E-state index in [1.54, 1.807) is 7.11 Å². The van der Waals surface area contributed by atoms with Gasteiger partial charge < -0.3 is 9.47 Å². The summed E-state index contributed by atoms with van der Waals surface area (Å²) in [7, 11) is 1.66. The molecule has 1 atom stereocenters. The molecule has 0 radical (unpaired) electrons. The first-order chi connectivity index (χ1) is 9.72. The van der Waals surface area contributed by atoms with E-state index < -0.39 is 0 Å². The second kappa shape index (κ2) is 6.60. The number of hydrogen-bond acceptors (Lipinski definition) is 3. The molecule has 108 valence electrons. The van der Waals surface area contributed by atoms with Crippen LogP contribution in [0.1, 0.15) is 45.1 Å². The third kappa shape index (κ3) is 2.72. The lowest BCUT2D eigenvalue weighted by Crippen LogP contribution is -2.37. The predicted octanol–water partition coefficient (Wildman–Crippen LogP) is 3.97. The van der Waals surface area contributed by atoms with Gasteiger partial charge in [-0.2, -0.15) is 0 Å². The fraction of sp³-hybridized carbons (Fsp3) is 0.471. The number of benzene rings is 1. The standard InChI is InChI=1S/C17H22O3/c1-4-6-9-13(16-14(5-2)20-17(16)18)12-10-7-8-11-15(12)19-3/h7-8,10-11,14H,4-6,9H2,1-3H3/b16-13-/t14-/m0/s1. The van der Waals surface area contributed by atoms with Crippen molar-refractivity contribution in [1.82, 2.24) is 0 Å². The van der Waals surface area contributed by atoms with Crippen LogP contribution < -0.4 is 4.74 Å². The Hall–Kier alpha value is -1.77. The number of carbonyl (C=O) groups excluding carboxylic acids is 1. The van der Waals surface area contributed by atoms with Crippen LogP contribution in [-0.4, -0.2) is 19.2 Å². The fourth-order valence-corrected chi connectivity index (χ4v) is 2.59. The maximum absolute atomic E-state index is 11.9. The number of cyclic esters (lactones) is 1. The Morgan fingerprint density at radius 2 is 2.05 bits per heavy atom. The number of carbonyl (C=O) groups is 1. The highest BCUT2D eigenvalue weighted by Gasteiger charge is 2.37. The minimum Gasteiger partial charge on any atom is -0.496 e. The molecule has 0 N–H and O–H groups in total. The summed E-state index contributed by atoms with van der Waals surface area (Å²) in [5.74, 6) is 0.648. The van der Waals surface area contributed by atoms with Crippen LogP contribution in [0.4, 0.5) is 0 Å². The lowest BCUT2D eigenvalue weighted by molar-refractivity contribution is -0.155. The summed E-state index contributed by atoms with van der Waals surface area (Å²) in [5.41, 5.74) is 2.95. The Morgan fingerprint density at radius 1 is 1.30 bits per heavy atom. The number of rotatable bonds is 6. The van der Waals surface area contributed by atoms with Gasteiger partial charge in [0.25, 0.3) is 0 Å². The zero-order valence-electron chi connectivity index (χ0n) is 12.4. The second-order valence-corrected chi connectivity index (χ2v) is 5.00. The van der Waals surface area contributed by atoms with Crippen LogP contribution in [0.2, 0.25) is 0 Å². The molecule has 1 fully saturated rings. The van der Waals surface area contributed by atoms with Crippen LogP contribution >= 0.6 is 0 Å². The summed E-state index contributed by atoms with van der Waals surface area (Å²) in [4.78, 5) is 11.9. The molecule has 1 aliphatic heterocycles. The van der Waals surface area contributed by atoms with Crippen molar-refractivity contribution in [3.63, 3.8) is 0 Å². The van der Waals surface area contributed by atoms with Gasteiger partial charge >= 0.3 is 5.97 Å². The number of methoxy groups -OCH3 is 1. The third-order valence-electron chi connectivity index (χ3n) is 3.70. The van der Waals surface area contributed by atoms with Gasteiger partial charge in [0, 0.05) is 5.56 Å². The first-order valence-corrected chi connectivity index (χ1v) is 7.30. The van der Waals surface area contributed by atoms with E-state index in [1.165, 1.54) is 0 Å². The molecule has 3 nitrogen and oxygen atoms in total. The van der Waals surface area contributed by atoms with Crippen molar-refractivity contribution in [2.24, 2.45) is 0 Å². The largest absolute Gasteiger partial charge is 0.496 e. The Labute approximate surface area is 120 Å². The molecule has 1 aromatic rings. The predicted molar refractivity (Wildman–Crippen MR) is 79.6 cm³/mol. The van der Waals surface area contributed by atoms with Crippen molar-refractivity contribution >= 4 is 11.5 Å². The smallest absolute Gasteiger partial charge is 0.338 e. The van der Waals surface area contributed by atoms with Crippen LogP contribution in [0.25, 0.3) is 5.57 Å². The van der Waals surface area contributed by atoms with Gasteiger partial charge in [-0.25, -0.2) is 4.79 Å². The molecule has 0 saturated carbocycles. The molecule has 0 bridgehead atoms. The van der Waals surface area contributed by atoms with Gasteiger partial charge in [0.2, 0.25) is 0 Å². The van der Waals surface area contributed by atoms with E-state index in [0.717, 1.165) is 48.1 Å². The van der Waals surface area contributed by atoms with Crippen molar-refractivity contribution in [3.8, 4) is 5.75 Å². The number of para-hydroxylation sites is 1. The van der Waals surface area contributed by atoms with Crippen LogP contribution in [0.15, 0.2) is 29.8 Å². The SMILES string of the molecule is CCCC/C(=C1/C(=O)O[C@H]1CC)c1ccccc1OC. The van der Waals surface area contributed by atoms with Crippen LogP contribution in [0.5, 0.6) is 5.75 Å². The van der Waals surface area contributed by atoms with Crippen molar-refractivity contribution in [1.29, 1.82) is 0 Å². The molecule has 2 rings (SSSR count). The van der Waals surface area contributed by atoms with E-state index in [9.17, 15) is 4.79 Å². The highest BCUT2D eigenvalue weighted by Crippen LogP contribution is 2.38. The van der Waals surface area contributed by atoms with E-state index in [1.807, 2.05) is 31.2 Å². The molecule has 1 aliphatic rings. The van der Waals surface area contributed by atoms with E-state index in [4.69, 9.17) is 9.47 Å². The number of esters is 1. The van der Waals surface area contributed by atoms with Crippen molar-refractivity contribution in [2.45, 2.75) is 45.6 Å². The number of unbranched alkanes of at least 4 members (excludes halogenated alkanes) is 1. The molecule has 1 aromatic carbocycles. The van der Waals surface area contributed by atoms with E-state index in [-0.39, 0.29) is 12.1 Å². The number of ether oxygens (including phenoxy) is 2. The summed E-state index contributed by atoms with van der Waals surface area (Å²) < 4.78 is 10.7. The Bertz CT molecular complexity index is 517. The number of allylic oxidation sites excluding steroid dienone is 1. The van der Waals surface area contributed by atoms with Gasteiger partial charge in [-0.3, -0.25) is 0 Å². The third-order valence-corrected chi connectivity index (χ3v) is 3.70. The molecule has 0 aromatic heterocycles. The Morgan fingerprint density at radius 3 is 2.65 bits per heavy atom. The first-order valence-electron chi connectivity index (χ1n) is 7.30. The topological polar surface area (TPSA) is 35.5 Å². The van der Waals surface area contributed by atoms with Gasteiger partial charge in [0.05, 0.1) is 12.7 Å². The maximum atomic E-state index is 11.9. The average Bonchev–Trinajstić information content (AvgIpc) is 2.48. The first kappa shape index (κ1) is 14.6. The molecule has 0 unspecified atom stereocenters. The van der Waals surface area contributed by atoms with Gasteiger partial charge in [-0.15, -0.1) is 0 Å². The molecule has 0 spiro atoms. The molecule has 3 heteroatoms. The van der Waals surface area contributed by atoms with Crippen LogP contribution in [0, 0.1) is 0 Å². The summed E-state index contributed by atoms with van der Waals surface area (Å²) in [6.45, 7) is 4.19. The minimum absolute atomic E-state index is 0.0562. The van der Waals surface area contributed by atoms with Crippen molar-refractivity contribution < 1.29 is 14.3 Å². The monoisotopic (exact) mass is 274 g/mol. The quantitative estimate of drug-likeness (QED) is 0.581. The normalized spacial score (nSPS) is 20.1. The van der Waals surface area contributed by atoms with Crippen LogP contribution in [0.3, 0.4) is 0 Å². The van der Waals surface area contributed by atoms with Gasteiger partial charge in [-0.1, -0.05) is 38.5 Å². The summed E-state index contributed by atoms with van der Waals surface area (Å²) in [6, 6.07) is 7.89. The van der Waals surface area contributed by atoms with E-state index in [2.05, 4.69) is 6.92 Å². The average molecular weight is 274 g/mol. The van der Waals surface area contributed by atoms with Gasteiger partial charge in [-0.05, 0) is 30.9 Å². The van der Waals surface area contributed by atoms with Crippen molar-refractivity contribution in [2.75, 3.05) is 7.11 Å². The highest BCUT2D eigenvalue weighted by molar-refractivity contribution is 6.04. The second-order valence-electron chi connectivity index (χ2n) is 5.00. The maximum Gasteiger partial charge on any atom is 0.338 e. The van der Waals surface area contributed by atoms with Crippen LogP contribution in [-0.2, 0) is 9.53 Å².